The fourth-order valence-electron chi connectivity index (χ4n) is 2.82. The number of rotatable bonds is 15. The number of nitrogens with one attached hydrogen (secondary N) is 3. The van der Waals surface area contributed by atoms with E-state index < -0.39 is 48.4 Å². The summed E-state index contributed by atoms with van der Waals surface area (Å²) in [6.07, 6.45) is 3.16. The third-order valence-electron chi connectivity index (χ3n) is 5.31. The number of carbonyl (C=O) groups excluding carboxylic acids is 3. The maximum atomic E-state index is 13.0. The minimum Gasteiger partial charge on any atom is -0.480 e. The zero-order valence-corrected chi connectivity index (χ0v) is 18.6. The van der Waals surface area contributed by atoms with Gasteiger partial charge in [0.25, 0.3) is 0 Å². The van der Waals surface area contributed by atoms with E-state index in [4.69, 9.17) is 16.6 Å². The molecule has 8 N–H and O–H groups in total. The van der Waals surface area contributed by atoms with Gasteiger partial charge in [-0.1, -0.05) is 47.0 Å². The number of carbonyl (C=O) groups is 4. The molecule has 3 amide bonds. The topological polar surface area (TPSA) is 177 Å². The summed E-state index contributed by atoms with van der Waals surface area (Å²) in [5.74, 6) is -3.09. The lowest BCUT2D eigenvalue weighted by atomic mass is 9.94. The van der Waals surface area contributed by atoms with Crippen molar-refractivity contribution in [2.24, 2.45) is 23.3 Å². The van der Waals surface area contributed by atoms with E-state index in [-0.39, 0.29) is 11.8 Å². The second-order valence-corrected chi connectivity index (χ2v) is 7.75. The summed E-state index contributed by atoms with van der Waals surface area (Å²) in [6, 6.07) is -2.52. The van der Waals surface area contributed by atoms with Gasteiger partial charge in [0.2, 0.25) is 17.7 Å². The molecular formula is C20H39N5O5. The molecule has 0 aliphatic carbocycles. The second-order valence-electron chi connectivity index (χ2n) is 7.75. The molecule has 0 aliphatic heterocycles. The Morgan fingerprint density at radius 3 is 1.83 bits per heavy atom. The lowest BCUT2D eigenvalue weighted by Gasteiger charge is -2.29. The van der Waals surface area contributed by atoms with Crippen LogP contribution in [-0.2, 0) is 19.2 Å². The largest absolute Gasteiger partial charge is 0.480 e. The molecule has 0 fully saturated rings. The fourth-order valence-corrected chi connectivity index (χ4v) is 2.82. The second kappa shape index (κ2) is 14.7. The number of hydrogen-bond donors (Lipinski definition) is 6. The van der Waals surface area contributed by atoms with Gasteiger partial charge in [-0.2, -0.15) is 0 Å². The van der Waals surface area contributed by atoms with Crippen molar-refractivity contribution in [3.63, 3.8) is 0 Å². The summed E-state index contributed by atoms with van der Waals surface area (Å²) in [5.41, 5.74) is 11.4. The van der Waals surface area contributed by atoms with Crippen LogP contribution >= 0.6 is 0 Å². The van der Waals surface area contributed by atoms with Gasteiger partial charge in [0.05, 0.1) is 6.04 Å². The highest BCUT2D eigenvalue weighted by Crippen LogP contribution is 2.13. The quantitative estimate of drug-likeness (QED) is 0.194. The van der Waals surface area contributed by atoms with E-state index in [0.29, 0.717) is 32.2 Å². The molecule has 0 saturated heterocycles. The molecule has 5 atom stereocenters. The van der Waals surface area contributed by atoms with Crippen LogP contribution in [0.5, 0.6) is 0 Å². The Balaban J connectivity index is 5.26. The summed E-state index contributed by atoms with van der Waals surface area (Å²) in [5, 5.41) is 16.5. The summed E-state index contributed by atoms with van der Waals surface area (Å²) in [7, 11) is 0. The predicted molar refractivity (Wildman–Crippen MR) is 114 cm³/mol. The highest BCUT2D eigenvalue weighted by molar-refractivity contribution is 5.93. The SMILES string of the molecule is CCC(C)C(NC(=O)C(N)CCCCN)C(=O)NC(C(=O)NCC(=O)O)C(C)CC. The number of nitrogens with two attached hydrogens (primary N) is 2. The molecule has 10 nitrogen and oxygen atoms in total. The lowest BCUT2D eigenvalue weighted by molar-refractivity contribution is -0.139. The highest BCUT2D eigenvalue weighted by atomic mass is 16.4. The zero-order chi connectivity index (χ0) is 23.3. The molecule has 0 spiro atoms. The smallest absolute Gasteiger partial charge is 0.322 e. The van der Waals surface area contributed by atoms with Gasteiger partial charge in [-0.05, 0) is 31.2 Å². The fraction of sp³-hybridized carbons (Fsp3) is 0.800. The predicted octanol–water partition coefficient (Wildman–Crippen LogP) is -0.295. The molecule has 0 rings (SSSR count). The van der Waals surface area contributed by atoms with Crippen LogP contribution in [0.4, 0.5) is 0 Å². The van der Waals surface area contributed by atoms with E-state index in [1.54, 1.807) is 6.92 Å². The summed E-state index contributed by atoms with van der Waals surface area (Å²) in [4.78, 5) is 48.6. The lowest BCUT2D eigenvalue weighted by Crippen LogP contribution is -2.59. The van der Waals surface area contributed by atoms with Crippen LogP contribution in [0.3, 0.4) is 0 Å². The number of amides is 3. The Morgan fingerprint density at radius 2 is 1.37 bits per heavy atom. The van der Waals surface area contributed by atoms with Crippen molar-refractivity contribution in [1.29, 1.82) is 0 Å². The number of carboxylic acid groups (broad SMARTS) is 1. The third kappa shape index (κ3) is 10.0. The van der Waals surface area contributed by atoms with Crippen LogP contribution in [0.25, 0.3) is 0 Å². The maximum absolute atomic E-state index is 13.0. The van der Waals surface area contributed by atoms with Crippen molar-refractivity contribution >= 4 is 23.7 Å². The Morgan fingerprint density at radius 1 is 0.867 bits per heavy atom. The van der Waals surface area contributed by atoms with E-state index in [0.717, 1.165) is 6.42 Å². The van der Waals surface area contributed by atoms with Crippen LogP contribution < -0.4 is 27.4 Å². The van der Waals surface area contributed by atoms with E-state index in [1.807, 2.05) is 20.8 Å². The van der Waals surface area contributed by atoms with E-state index in [1.165, 1.54) is 0 Å². The number of hydrogen-bond acceptors (Lipinski definition) is 6. The summed E-state index contributed by atoms with van der Waals surface area (Å²) < 4.78 is 0. The summed E-state index contributed by atoms with van der Waals surface area (Å²) in [6.45, 7) is 7.35. The zero-order valence-electron chi connectivity index (χ0n) is 18.6. The van der Waals surface area contributed by atoms with Crippen LogP contribution in [0.1, 0.15) is 59.8 Å². The summed E-state index contributed by atoms with van der Waals surface area (Å²) >= 11 is 0. The van der Waals surface area contributed by atoms with Gasteiger partial charge in [-0.25, -0.2) is 0 Å². The first-order valence-corrected chi connectivity index (χ1v) is 10.6. The van der Waals surface area contributed by atoms with Gasteiger partial charge in [-0.3, -0.25) is 19.2 Å². The van der Waals surface area contributed by atoms with Crippen molar-refractivity contribution < 1.29 is 24.3 Å². The highest BCUT2D eigenvalue weighted by Gasteiger charge is 2.32. The molecule has 0 radical (unpaired) electrons. The molecule has 0 bridgehead atoms. The maximum Gasteiger partial charge on any atom is 0.322 e. The Hall–Kier alpha value is -2.20. The number of unbranched alkanes of at least 4 members (excludes halogenated alkanes) is 1. The van der Waals surface area contributed by atoms with Crippen LogP contribution in [0, 0.1) is 11.8 Å². The normalized spacial score (nSPS) is 15.9. The Bertz CT molecular complexity index is 572. The molecule has 5 unspecified atom stereocenters. The van der Waals surface area contributed by atoms with Gasteiger partial charge < -0.3 is 32.5 Å². The van der Waals surface area contributed by atoms with E-state index >= 15 is 0 Å². The van der Waals surface area contributed by atoms with Crippen LogP contribution in [0.15, 0.2) is 0 Å². The van der Waals surface area contributed by atoms with Crippen molar-refractivity contribution in [3.05, 3.63) is 0 Å². The molecular weight excluding hydrogens is 390 g/mol. The minimum atomic E-state index is -1.18. The van der Waals surface area contributed by atoms with Crippen molar-refractivity contribution in [1.82, 2.24) is 16.0 Å². The van der Waals surface area contributed by atoms with Gasteiger partial charge in [0.1, 0.15) is 18.6 Å². The van der Waals surface area contributed by atoms with Crippen LogP contribution in [0.2, 0.25) is 0 Å². The molecule has 10 heteroatoms. The van der Waals surface area contributed by atoms with Crippen LogP contribution in [-0.4, -0.2) is 60.0 Å². The number of carboxylic acids is 1. The Kier molecular flexibility index (Phi) is 13.7. The molecule has 174 valence electrons. The first-order valence-electron chi connectivity index (χ1n) is 10.6. The molecule has 0 aromatic heterocycles. The Labute approximate surface area is 178 Å². The van der Waals surface area contributed by atoms with Crippen molar-refractivity contribution in [3.8, 4) is 0 Å². The van der Waals surface area contributed by atoms with E-state index in [9.17, 15) is 19.2 Å². The molecule has 0 aliphatic rings. The molecule has 0 aromatic rings. The minimum absolute atomic E-state index is 0.190. The first-order chi connectivity index (χ1) is 14.1. The van der Waals surface area contributed by atoms with Gasteiger partial charge in [-0.15, -0.1) is 0 Å². The van der Waals surface area contributed by atoms with Crippen molar-refractivity contribution in [2.45, 2.75) is 77.9 Å². The number of aliphatic carboxylic acids is 1. The average molecular weight is 430 g/mol. The van der Waals surface area contributed by atoms with Gasteiger partial charge >= 0.3 is 5.97 Å². The molecule has 30 heavy (non-hydrogen) atoms. The van der Waals surface area contributed by atoms with Crippen molar-refractivity contribution in [2.75, 3.05) is 13.1 Å². The molecule has 0 saturated carbocycles. The monoisotopic (exact) mass is 429 g/mol. The van der Waals surface area contributed by atoms with Gasteiger partial charge in [0, 0.05) is 0 Å². The average Bonchev–Trinajstić information content (AvgIpc) is 2.72. The van der Waals surface area contributed by atoms with E-state index in [2.05, 4.69) is 16.0 Å². The third-order valence-corrected chi connectivity index (χ3v) is 5.31. The molecule has 0 aromatic carbocycles. The standard InChI is InChI=1S/C20H39N5O5/c1-5-12(3)16(19(29)23-11-15(26)27)25-20(30)17(13(4)6-2)24-18(28)14(22)9-7-8-10-21/h12-14,16-17H,5-11,21-22H2,1-4H3,(H,23,29)(H,24,28)(H,25,30)(H,26,27). The molecule has 0 heterocycles. The van der Waals surface area contributed by atoms with Gasteiger partial charge in [0.15, 0.2) is 0 Å². The first kappa shape index (κ1) is 27.8.